The Labute approximate surface area is 67.6 Å². The highest BCUT2D eigenvalue weighted by molar-refractivity contribution is 5.39. The van der Waals surface area contributed by atoms with E-state index in [1.54, 1.807) is 5.57 Å². The lowest BCUT2D eigenvalue weighted by atomic mass is 10.2. The summed E-state index contributed by atoms with van der Waals surface area (Å²) in [5.41, 5.74) is 1.56. The molecule has 0 heterocycles. The fourth-order valence-electron chi connectivity index (χ4n) is 1.72. The normalized spacial score (nSPS) is 43.8. The summed E-state index contributed by atoms with van der Waals surface area (Å²) in [5, 5.41) is 0. The smallest absolute Gasteiger partial charge is 0.00492 e. The minimum atomic E-state index is 0.669. The minimum Gasteiger partial charge on any atom is -0.102 e. The summed E-state index contributed by atoms with van der Waals surface area (Å²) < 4.78 is 0. The SMILES string of the molecule is C=CC1/C2=C/C=C\C=C/CC21. The van der Waals surface area contributed by atoms with Crippen LogP contribution in [0.15, 0.2) is 48.6 Å². The standard InChI is InChI=1S/C11H12/c1-2-9-10-7-5-3-4-6-8-11(9)10/h2-7,9,11H,1,8H2/b5-3-,6-4-,10-7-. The van der Waals surface area contributed by atoms with Crippen LogP contribution in [0.3, 0.4) is 0 Å². The Morgan fingerprint density at radius 3 is 3.09 bits per heavy atom. The zero-order valence-corrected chi connectivity index (χ0v) is 6.53. The van der Waals surface area contributed by atoms with E-state index < -0.39 is 0 Å². The van der Waals surface area contributed by atoms with Crippen molar-refractivity contribution in [2.75, 3.05) is 0 Å². The maximum Gasteiger partial charge on any atom is 0.00492 e. The Bertz CT molecular complexity index is 253. The first kappa shape index (κ1) is 6.66. The van der Waals surface area contributed by atoms with Crippen molar-refractivity contribution >= 4 is 0 Å². The second-order valence-electron chi connectivity index (χ2n) is 3.08. The molecular formula is C11H12. The van der Waals surface area contributed by atoms with Crippen molar-refractivity contribution in [1.82, 2.24) is 0 Å². The van der Waals surface area contributed by atoms with Crippen molar-refractivity contribution < 1.29 is 0 Å². The molecule has 2 unspecified atom stereocenters. The Balaban J connectivity index is 2.21. The topological polar surface area (TPSA) is 0 Å². The molecule has 1 fully saturated rings. The first-order chi connectivity index (χ1) is 5.43. The van der Waals surface area contributed by atoms with Crippen LogP contribution in [0.1, 0.15) is 6.42 Å². The summed E-state index contributed by atoms with van der Waals surface area (Å²) in [6.45, 7) is 3.82. The maximum atomic E-state index is 3.82. The Hall–Kier alpha value is -1.04. The summed E-state index contributed by atoms with van der Waals surface area (Å²) in [5.74, 6) is 1.44. The molecule has 2 rings (SSSR count). The highest BCUT2D eigenvalue weighted by Crippen LogP contribution is 2.49. The van der Waals surface area contributed by atoms with Gasteiger partial charge in [-0.2, -0.15) is 0 Å². The molecule has 0 amide bonds. The van der Waals surface area contributed by atoms with Gasteiger partial charge in [0.15, 0.2) is 0 Å². The molecule has 11 heavy (non-hydrogen) atoms. The molecule has 0 saturated heterocycles. The molecule has 0 aromatic carbocycles. The second kappa shape index (κ2) is 2.54. The number of fused-ring (bicyclic) bond motifs is 1. The van der Waals surface area contributed by atoms with E-state index in [-0.39, 0.29) is 0 Å². The number of allylic oxidation sites excluding steroid dienone is 7. The van der Waals surface area contributed by atoms with E-state index in [1.165, 1.54) is 6.42 Å². The van der Waals surface area contributed by atoms with Crippen LogP contribution >= 0.6 is 0 Å². The van der Waals surface area contributed by atoms with Crippen LogP contribution in [0.5, 0.6) is 0 Å². The van der Waals surface area contributed by atoms with Crippen molar-refractivity contribution in [3.05, 3.63) is 48.6 Å². The Kier molecular flexibility index (Phi) is 1.54. The fraction of sp³-hybridized carbons (Fsp3) is 0.273. The van der Waals surface area contributed by atoms with Gasteiger partial charge in [0.05, 0.1) is 0 Å². The van der Waals surface area contributed by atoms with Gasteiger partial charge in [-0.3, -0.25) is 0 Å². The zero-order chi connectivity index (χ0) is 7.68. The van der Waals surface area contributed by atoms with Gasteiger partial charge in [0.25, 0.3) is 0 Å². The van der Waals surface area contributed by atoms with E-state index in [2.05, 4.69) is 43.0 Å². The summed E-state index contributed by atoms with van der Waals surface area (Å²) >= 11 is 0. The van der Waals surface area contributed by atoms with Crippen LogP contribution in [-0.4, -0.2) is 0 Å². The molecule has 0 nitrogen and oxygen atoms in total. The monoisotopic (exact) mass is 144 g/mol. The van der Waals surface area contributed by atoms with E-state index >= 15 is 0 Å². The third-order valence-corrected chi connectivity index (χ3v) is 2.43. The lowest BCUT2D eigenvalue weighted by molar-refractivity contribution is 0.816. The van der Waals surface area contributed by atoms with Crippen LogP contribution in [-0.2, 0) is 0 Å². The van der Waals surface area contributed by atoms with Crippen LogP contribution in [0.4, 0.5) is 0 Å². The molecular weight excluding hydrogens is 132 g/mol. The van der Waals surface area contributed by atoms with Gasteiger partial charge in [-0.25, -0.2) is 0 Å². The molecule has 0 aromatic rings. The van der Waals surface area contributed by atoms with Crippen LogP contribution < -0.4 is 0 Å². The molecule has 0 spiro atoms. The average molecular weight is 144 g/mol. The van der Waals surface area contributed by atoms with Crippen molar-refractivity contribution in [3.8, 4) is 0 Å². The third kappa shape index (κ3) is 1.09. The Morgan fingerprint density at radius 1 is 1.36 bits per heavy atom. The summed E-state index contributed by atoms with van der Waals surface area (Å²) in [7, 11) is 0. The lowest BCUT2D eigenvalue weighted by Crippen LogP contribution is -1.74. The summed E-state index contributed by atoms with van der Waals surface area (Å²) in [6.07, 6.45) is 14.0. The van der Waals surface area contributed by atoms with E-state index in [4.69, 9.17) is 0 Å². The predicted molar refractivity (Wildman–Crippen MR) is 48.2 cm³/mol. The molecule has 2 aliphatic rings. The van der Waals surface area contributed by atoms with Gasteiger partial charge in [0.1, 0.15) is 0 Å². The highest BCUT2D eigenvalue weighted by Gasteiger charge is 2.39. The third-order valence-electron chi connectivity index (χ3n) is 2.43. The van der Waals surface area contributed by atoms with Crippen LogP contribution in [0.2, 0.25) is 0 Å². The zero-order valence-electron chi connectivity index (χ0n) is 6.53. The van der Waals surface area contributed by atoms with Gasteiger partial charge >= 0.3 is 0 Å². The van der Waals surface area contributed by atoms with Gasteiger partial charge in [-0.05, 0) is 12.3 Å². The fourth-order valence-corrected chi connectivity index (χ4v) is 1.72. The largest absolute Gasteiger partial charge is 0.102 e. The van der Waals surface area contributed by atoms with Crippen LogP contribution in [0, 0.1) is 11.8 Å². The van der Waals surface area contributed by atoms with E-state index in [0.29, 0.717) is 5.92 Å². The highest BCUT2D eigenvalue weighted by atomic mass is 14.4. The molecule has 0 heteroatoms. The van der Waals surface area contributed by atoms with Gasteiger partial charge in [0, 0.05) is 5.92 Å². The van der Waals surface area contributed by atoms with Crippen molar-refractivity contribution in [1.29, 1.82) is 0 Å². The molecule has 0 aromatic heterocycles. The van der Waals surface area contributed by atoms with Crippen LogP contribution in [0.25, 0.3) is 0 Å². The van der Waals surface area contributed by atoms with E-state index in [9.17, 15) is 0 Å². The maximum absolute atomic E-state index is 3.82. The van der Waals surface area contributed by atoms with Gasteiger partial charge in [-0.1, -0.05) is 42.0 Å². The molecule has 1 saturated carbocycles. The first-order valence-electron chi connectivity index (χ1n) is 4.09. The van der Waals surface area contributed by atoms with Gasteiger partial charge in [-0.15, -0.1) is 6.58 Å². The molecule has 0 radical (unpaired) electrons. The lowest BCUT2D eigenvalue weighted by Gasteiger charge is -1.87. The number of rotatable bonds is 1. The second-order valence-corrected chi connectivity index (χ2v) is 3.08. The predicted octanol–water partition coefficient (Wildman–Crippen LogP) is 2.86. The first-order valence-corrected chi connectivity index (χ1v) is 4.09. The summed E-state index contributed by atoms with van der Waals surface area (Å²) in [6, 6.07) is 0. The number of hydrogen-bond acceptors (Lipinski definition) is 0. The van der Waals surface area contributed by atoms with E-state index in [0.717, 1.165) is 5.92 Å². The summed E-state index contributed by atoms with van der Waals surface area (Å²) in [4.78, 5) is 0. The minimum absolute atomic E-state index is 0.669. The average Bonchev–Trinajstić information content (AvgIpc) is 2.60. The Morgan fingerprint density at radius 2 is 2.27 bits per heavy atom. The number of hydrogen-bond donors (Lipinski definition) is 0. The van der Waals surface area contributed by atoms with Crippen molar-refractivity contribution in [3.63, 3.8) is 0 Å². The molecule has 2 aliphatic carbocycles. The van der Waals surface area contributed by atoms with Gasteiger partial charge in [0.2, 0.25) is 0 Å². The van der Waals surface area contributed by atoms with E-state index in [1.807, 2.05) is 0 Å². The van der Waals surface area contributed by atoms with Gasteiger partial charge < -0.3 is 0 Å². The molecule has 0 bridgehead atoms. The molecule has 0 aliphatic heterocycles. The van der Waals surface area contributed by atoms with Crippen molar-refractivity contribution in [2.45, 2.75) is 6.42 Å². The van der Waals surface area contributed by atoms with Crippen molar-refractivity contribution in [2.24, 2.45) is 11.8 Å². The quantitative estimate of drug-likeness (QED) is 0.496. The molecule has 56 valence electrons. The molecule has 2 atom stereocenters. The molecule has 0 N–H and O–H groups in total.